The number of hydrogen-bond donors (Lipinski definition) is 4. The number of hydrogen-bond acceptors (Lipinski definition) is 5. The van der Waals surface area contributed by atoms with Crippen LogP contribution < -0.4 is 0 Å². The highest BCUT2D eigenvalue weighted by Gasteiger charge is 2.18. The van der Waals surface area contributed by atoms with Gasteiger partial charge in [-0.3, -0.25) is 0 Å². The van der Waals surface area contributed by atoms with E-state index < -0.39 is 18.0 Å². The fraction of sp³-hybridized carbons (Fsp3) is 0.222. The molecule has 0 bridgehead atoms. The summed E-state index contributed by atoms with van der Waals surface area (Å²) in [6, 6.07) is 5.01. The fourth-order valence-corrected chi connectivity index (χ4v) is 0.977. The van der Waals surface area contributed by atoms with Crippen molar-refractivity contribution in [2.24, 2.45) is 0 Å². The molecule has 2 unspecified atom stereocenters. The van der Waals surface area contributed by atoms with Gasteiger partial charge in [0.05, 0.1) is 6.07 Å². The van der Waals surface area contributed by atoms with E-state index in [1.807, 2.05) is 0 Å². The van der Waals surface area contributed by atoms with Crippen molar-refractivity contribution in [2.75, 3.05) is 0 Å². The number of phenolic OH excluding ortho intramolecular Hbond substituents is 2. The van der Waals surface area contributed by atoms with Gasteiger partial charge in [0, 0.05) is 0 Å². The third kappa shape index (κ3) is 1.93. The molecule has 0 saturated carbocycles. The van der Waals surface area contributed by atoms with Gasteiger partial charge >= 0.3 is 0 Å². The van der Waals surface area contributed by atoms with Crippen LogP contribution in [-0.2, 0) is 0 Å². The van der Waals surface area contributed by atoms with Crippen LogP contribution in [-0.4, -0.2) is 26.5 Å². The number of nitrogens with zero attached hydrogens (tertiary/aromatic N) is 1. The summed E-state index contributed by atoms with van der Waals surface area (Å²) in [6.07, 6.45) is -2.95. The Morgan fingerprint density at radius 2 is 1.79 bits per heavy atom. The third-order valence-electron chi connectivity index (χ3n) is 1.77. The van der Waals surface area contributed by atoms with Crippen LogP contribution in [0.25, 0.3) is 0 Å². The second-order valence-electron chi connectivity index (χ2n) is 2.77. The predicted molar refractivity (Wildman–Crippen MR) is 46.4 cm³/mol. The number of benzene rings is 1. The molecule has 0 aromatic heterocycles. The molecule has 0 heterocycles. The van der Waals surface area contributed by atoms with E-state index in [0.717, 1.165) is 12.1 Å². The maximum Gasteiger partial charge on any atom is 0.170 e. The molecule has 0 radical (unpaired) electrons. The van der Waals surface area contributed by atoms with Gasteiger partial charge in [-0.15, -0.1) is 0 Å². The summed E-state index contributed by atoms with van der Waals surface area (Å²) >= 11 is 0. The maximum absolute atomic E-state index is 9.34. The minimum Gasteiger partial charge on any atom is -0.504 e. The van der Waals surface area contributed by atoms with Crippen molar-refractivity contribution in [3.63, 3.8) is 0 Å². The van der Waals surface area contributed by atoms with Crippen LogP contribution in [0, 0.1) is 11.3 Å². The summed E-state index contributed by atoms with van der Waals surface area (Å²) in [4.78, 5) is 0. The molecule has 0 saturated heterocycles. The molecule has 4 N–H and O–H groups in total. The van der Waals surface area contributed by atoms with Gasteiger partial charge in [0.2, 0.25) is 0 Å². The van der Waals surface area contributed by atoms with Gasteiger partial charge in [0.15, 0.2) is 17.6 Å². The quantitative estimate of drug-likeness (QED) is 0.393. The Bertz CT molecular complexity index is 372. The van der Waals surface area contributed by atoms with Crippen molar-refractivity contribution in [3.8, 4) is 17.6 Å². The highest BCUT2D eigenvalue weighted by molar-refractivity contribution is 5.41. The van der Waals surface area contributed by atoms with Crippen LogP contribution in [0.3, 0.4) is 0 Å². The summed E-state index contributed by atoms with van der Waals surface area (Å²) in [7, 11) is 0. The van der Waals surface area contributed by atoms with Crippen LogP contribution in [0.5, 0.6) is 11.5 Å². The zero-order chi connectivity index (χ0) is 10.7. The third-order valence-corrected chi connectivity index (χ3v) is 1.77. The van der Waals surface area contributed by atoms with E-state index in [1.54, 1.807) is 0 Å². The van der Waals surface area contributed by atoms with Gasteiger partial charge in [-0.05, 0) is 17.7 Å². The van der Waals surface area contributed by atoms with E-state index in [-0.39, 0.29) is 11.3 Å². The normalized spacial score (nSPS) is 14.4. The van der Waals surface area contributed by atoms with Crippen molar-refractivity contribution in [1.82, 2.24) is 0 Å². The minimum absolute atomic E-state index is 0.161. The zero-order valence-corrected chi connectivity index (χ0v) is 7.12. The molecule has 74 valence electrons. The number of aliphatic hydroxyl groups is 2. The Morgan fingerprint density at radius 3 is 2.29 bits per heavy atom. The van der Waals surface area contributed by atoms with Crippen LogP contribution in [0.4, 0.5) is 0 Å². The van der Waals surface area contributed by atoms with Gasteiger partial charge in [-0.25, -0.2) is 0 Å². The van der Waals surface area contributed by atoms with E-state index in [9.17, 15) is 5.11 Å². The fourth-order valence-electron chi connectivity index (χ4n) is 0.977. The topological polar surface area (TPSA) is 105 Å². The van der Waals surface area contributed by atoms with E-state index in [1.165, 1.54) is 12.1 Å². The summed E-state index contributed by atoms with van der Waals surface area (Å²) in [5.41, 5.74) is 0.161. The lowest BCUT2D eigenvalue weighted by Gasteiger charge is -2.12. The molecule has 0 aliphatic carbocycles. The molecule has 0 spiro atoms. The average molecular weight is 195 g/mol. The van der Waals surface area contributed by atoms with Crippen molar-refractivity contribution >= 4 is 0 Å². The van der Waals surface area contributed by atoms with Gasteiger partial charge in [-0.2, -0.15) is 5.26 Å². The van der Waals surface area contributed by atoms with Crippen LogP contribution in [0.1, 0.15) is 11.7 Å². The zero-order valence-electron chi connectivity index (χ0n) is 7.12. The largest absolute Gasteiger partial charge is 0.504 e. The molecular weight excluding hydrogens is 186 g/mol. The van der Waals surface area contributed by atoms with Crippen LogP contribution in [0.2, 0.25) is 0 Å². The molecule has 0 fully saturated rings. The number of aliphatic hydroxyl groups excluding tert-OH is 2. The number of rotatable bonds is 2. The SMILES string of the molecule is N#CC(O)C(O)c1ccc(O)c(O)c1. The maximum atomic E-state index is 9.34. The molecule has 1 aromatic rings. The first kappa shape index (κ1) is 10.3. The first-order valence-electron chi connectivity index (χ1n) is 3.84. The molecule has 14 heavy (non-hydrogen) atoms. The first-order valence-corrected chi connectivity index (χ1v) is 3.84. The molecular formula is C9H9NO4. The number of aromatic hydroxyl groups is 2. The van der Waals surface area contributed by atoms with Gasteiger partial charge in [0.1, 0.15) is 6.10 Å². The van der Waals surface area contributed by atoms with Crippen LogP contribution in [0.15, 0.2) is 18.2 Å². The van der Waals surface area contributed by atoms with E-state index >= 15 is 0 Å². The monoisotopic (exact) mass is 195 g/mol. The predicted octanol–water partition coefficient (Wildman–Crippen LogP) is 0.0157. The molecule has 1 rings (SSSR count). The van der Waals surface area contributed by atoms with E-state index in [0.29, 0.717) is 0 Å². The summed E-state index contributed by atoms with van der Waals surface area (Å²) in [5.74, 6) is -0.737. The first-order chi connectivity index (χ1) is 6.56. The van der Waals surface area contributed by atoms with Gasteiger partial charge < -0.3 is 20.4 Å². The second kappa shape index (κ2) is 3.96. The summed E-state index contributed by atoms with van der Waals surface area (Å²) in [6.45, 7) is 0. The van der Waals surface area contributed by atoms with Gasteiger partial charge in [-0.1, -0.05) is 6.07 Å². The highest BCUT2D eigenvalue weighted by atomic mass is 16.3. The Balaban J connectivity index is 2.98. The molecule has 2 atom stereocenters. The number of phenols is 2. The van der Waals surface area contributed by atoms with Gasteiger partial charge in [0.25, 0.3) is 0 Å². The Labute approximate surface area is 80.1 Å². The lowest BCUT2D eigenvalue weighted by molar-refractivity contribution is 0.0526. The van der Waals surface area contributed by atoms with Crippen molar-refractivity contribution in [3.05, 3.63) is 23.8 Å². The van der Waals surface area contributed by atoms with Crippen molar-refractivity contribution in [2.45, 2.75) is 12.2 Å². The summed E-state index contributed by atoms with van der Waals surface area (Å²) in [5, 5.41) is 44.7. The van der Waals surface area contributed by atoms with E-state index in [4.69, 9.17) is 20.6 Å². The minimum atomic E-state index is -1.56. The van der Waals surface area contributed by atoms with Crippen LogP contribution >= 0.6 is 0 Å². The van der Waals surface area contributed by atoms with Crippen molar-refractivity contribution < 1.29 is 20.4 Å². The lowest BCUT2D eigenvalue weighted by atomic mass is 10.0. The standard InChI is InChI=1S/C9H9NO4/c10-4-8(13)9(14)5-1-2-6(11)7(12)3-5/h1-3,8-9,11-14H. The Kier molecular flexibility index (Phi) is 2.92. The van der Waals surface area contributed by atoms with E-state index in [2.05, 4.69) is 0 Å². The number of nitriles is 1. The smallest absolute Gasteiger partial charge is 0.170 e. The molecule has 0 aliphatic rings. The highest BCUT2D eigenvalue weighted by Crippen LogP contribution is 2.28. The molecule has 5 heteroatoms. The molecule has 1 aromatic carbocycles. The Morgan fingerprint density at radius 1 is 1.14 bits per heavy atom. The Hall–Kier alpha value is -1.77. The lowest BCUT2D eigenvalue weighted by Crippen LogP contribution is -2.15. The summed E-state index contributed by atoms with van der Waals surface area (Å²) < 4.78 is 0. The molecule has 5 nitrogen and oxygen atoms in total. The molecule has 0 amide bonds. The average Bonchev–Trinajstić information content (AvgIpc) is 2.20. The second-order valence-corrected chi connectivity index (χ2v) is 2.77. The molecule has 0 aliphatic heterocycles. The van der Waals surface area contributed by atoms with Crippen molar-refractivity contribution in [1.29, 1.82) is 5.26 Å².